The van der Waals surface area contributed by atoms with Crippen molar-refractivity contribution >= 4 is 17.6 Å². The van der Waals surface area contributed by atoms with Crippen LogP contribution >= 0.6 is 0 Å². The normalized spacial score (nSPS) is 12.7. The molecule has 0 fully saturated rings. The van der Waals surface area contributed by atoms with E-state index >= 15 is 0 Å². The number of nitrogens with one attached hydrogen (secondary N) is 1. The van der Waals surface area contributed by atoms with Gasteiger partial charge in [0.25, 0.3) is 0 Å². The van der Waals surface area contributed by atoms with Gasteiger partial charge in [-0.1, -0.05) is 39.3 Å². The molecule has 0 aliphatic carbocycles. The summed E-state index contributed by atoms with van der Waals surface area (Å²) in [5, 5.41) is 2.82. The summed E-state index contributed by atoms with van der Waals surface area (Å²) in [5.41, 5.74) is 1.89. The van der Waals surface area contributed by atoms with Crippen LogP contribution in [0.3, 0.4) is 0 Å². The third-order valence-corrected chi connectivity index (χ3v) is 3.82. The minimum absolute atomic E-state index is 0.0653. The third-order valence-electron chi connectivity index (χ3n) is 3.82. The Morgan fingerprint density at radius 1 is 1.29 bits per heavy atom. The molecule has 1 atom stereocenters. The van der Waals surface area contributed by atoms with Gasteiger partial charge in [-0.15, -0.1) is 0 Å². The first-order valence-electron chi connectivity index (χ1n) is 7.14. The van der Waals surface area contributed by atoms with Crippen molar-refractivity contribution in [2.75, 3.05) is 12.4 Å². The lowest BCUT2D eigenvalue weighted by Gasteiger charge is -2.26. The molecule has 4 nitrogen and oxygen atoms in total. The summed E-state index contributed by atoms with van der Waals surface area (Å²) in [6.07, 6.45) is 0.415. The number of hydrogen-bond donors (Lipinski definition) is 1. The molecule has 116 valence electrons. The van der Waals surface area contributed by atoms with E-state index in [0.29, 0.717) is 17.7 Å². The number of ether oxygens (including phenoxy) is 1. The number of anilines is 1. The van der Waals surface area contributed by atoms with Crippen LogP contribution in [0, 0.1) is 18.3 Å². The maximum atomic E-state index is 12.2. The Hall–Kier alpha value is -1.84. The molecular formula is C17H25NO3. The van der Waals surface area contributed by atoms with Crippen molar-refractivity contribution in [3.63, 3.8) is 0 Å². The van der Waals surface area contributed by atoms with Crippen molar-refractivity contribution < 1.29 is 14.3 Å². The Morgan fingerprint density at radius 2 is 1.90 bits per heavy atom. The van der Waals surface area contributed by atoms with Gasteiger partial charge in [-0.05, 0) is 30.4 Å². The van der Waals surface area contributed by atoms with Gasteiger partial charge in [0.15, 0.2) is 0 Å². The second-order valence-corrected chi connectivity index (χ2v) is 6.56. The molecule has 1 aromatic carbocycles. The lowest BCUT2D eigenvalue weighted by molar-refractivity contribution is -0.117. The number of methoxy groups -OCH3 is 1. The molecule has 1 rings (SSSR count). The average Bonchev–Trinajstić information content (AvgIpc) is 2.38. The third kappa shape index (κ3) is 4.88. The van der Waals surface area contributed by atoms with Crippen molar-refractivity contribution in [2.45, 2.75) is 41.0 Å². The van der Waals surface area contributed by atoms with E-state index in [-0.39, 0.29) is 17.2 Å². The molecule has 0 aromatic heterocycles. The zero-order valence-electron chi connectivity index (χ0n) is 13.7. The predicted octanol–water partition coefficient (Wildman–Crippen LogP) is 3.79. The standard InChI is InChI=1S/C17H25NO3/c1-11-7-8-14(13(9-11)16(20)21-6)18-15(19)10-12(2)17(3,4)5/h7-9,12H,10H2,1-6H3,(H,18,19). The maximum Gasteiger partial charge on any atom is 0.339 e. The van der Waals surface area contributed by atoms with Crippen molar-refractivity contribution in [3.8, 4) is 0 Å². The van der Waals surface area contributed by atoms with Gasteiger partial charge in [0.05, 0.1) is 18.4 Å². The fourth-order valence-corrected chi connectivity index (χ4v) is 1.83. The van der Waals surface area contributed by atoms with Gasteiger partial charge in [-0.2, -0.15) is 0 Å². The van der Waals surface area contributed by atoms with Crippen LogP contribution < -0.4 is 5.32 Å². The van der Waals surface area contributed by atoms with E-state index in [9.17, 15) is 9.59 Å². The largest absolute Gasteiger partial charge is 0.465 e. The van der Waals surface area contributed by atoms with Crippen LogP contribution in [0.2, 0.25) is 0 Å². The van der Waals surface area contributed by atoms with Crippen LogP contribution in [0.5, 0.6) is 0 Å². The van der Waals surface area contributed by atoms with Gasteiger partial charge in [-0.3, -0.25) is 4.79 Å². The zero-order valence-corrected chi connectivity index (χ0v) is 13.7. The summed E-state index contributed by atoms with van der Waals surface area (Å²) in [7, 11) is 1.33. The molecule has 4 heteroatoms. The summed E-state index contributed by atoms with van der Waals surface area (Å²) >= 11 is 0. The fraction of sp³-hybridized carbons (Fsp3) is 0.529. The molecular weight excluding hydrogens is 266 g/mol. The van der Waals surface area contributed by atoms with E-state index in [2.05, 4.69) is 33.0 Å². The molecule has 1 N–H and O–H groups in total. The van der Waals surface area contributed by atoms with E-state index < -0.39 is 5.97 Å². The highest BCUT2D eigenvalue weighted by Gasteiger charge is 2.23. The second-order valence-electron chi connectivity index (χ2n) is 6.56. The Bertz CT molecular complexity index is 529. The van der Waals surface area contributed by atoms with E-state index in [4.69, 9.17) is 4.74 Å². The molecule has 0 heterocycles. The number of amides is 1. The second kappa shape index (κ2) is 6.74. The first-order chi connectivity index (χ1) is 9.65. The topological polar surface area (TPSA) is 55.4 Å². The summed E-state index contributed by atoms with van der Waals surface area (Å²) in [5.74, 6) is -0.297. The number of carbonyl (C=O) groups is 2. The molecule has 0 bridgehead atoms. The molecule has 0 saturated heterocycles. The van der Waals surface area contributed by atoms with Crippen molar-refractivity contribution in [3.05, 3.63) is 29.3 Å². The highest BCUT2D eigenvalue weighted by Crippen LogP contribution is 2.28. The van der Waals surface area contributed by atoms with Gasteiger partial charge < -0.3 is 10.1 Å². The number of hydrogen-bond acceptors (Lipinski definition) is 3. The summed E-state index contributed by atoms with van der Waals surface area (Å²) in [6, 6.07) is 5.31. The van der Waals surface area contributed by atoms with E-state index in [1.807, 2.05) is 13.0 Å². The van der Waals surface area contributed by atoms with Crippen LogP contribution in [0.15, 0.2) is 18.2 Å². The average molecular weight is 291 g/mol. The quantitative estimate of drug-likeness (QED) is 0.859. The van der Waals surface area contributed by atoms with Crippen molar-refractivity contribution in [1.29, 1.82) is 0 Å². The minimum Gasteiger partial charge on any atom is -0.465 e. The zero-order chi connectivity index (χ0) is 16.2. The van der Waals surface area contributed by atoms with Crippen LogP contribution in [-0.4, -0.2) is 19.0 Å². The lowest BCUT2D eigenvalue weighted by Crippen LogP contribution is -2.24. The Balaban J connectivity index is 2.88. The predicted molar refractivity (Wildman–Crippen MR) is 84.4 cm³/mol. The van der Waals surface area contributed by atoms with E-state index in [1.54, 1.807) is 12.1 Å². The molecule has 1 amide bonds. The molecule has 21 heavy (non-hydrogen) atoms. The van der Waals surface area contributed by atoms with Crippen LogP contribution in [0.1, 0.15) is 50.0 Å². The Labute approximate surface area is 126 Å². The van der Waals surface area contributed by atoms with E-state index in [1.165, 1.54) is 7.11 Å². The van der Waals surface area contributed by atoms with Gasteiger partial charge in [-0.25, -0.2) is 4.79 Å². The highest BCUT2D eigenvalue weighted by molar-refractivity contribution is 6.01. The molecule has 1 unspecified atom stereocenters. The fourth-order valence-electron chi connectivity index (χ4n) is 1.83. The van der Waals surface area contributed by atoms with Crippen LogP contribution in [-0.2, 0) is 9.53 Å². The highest BCUT2D eigenvalue weighted by atomic mass is 16.5. The first kappa shape index (κ1) is 17.2. The molecule has 0 aliphatic heterocycles. The molecule has 0 aliphatic rings. The number of esters is 1. The maximum absolute atomic E-state index is 12.2. The number of rotatable bonds is 4. The van der Waals surface area contributed by atoms with Crippen LogP contribution in [0.25, 0.3) is 0 Å². The SMILES string of the molecule is COC(=O)c1cc(C)ccc1NC(=O)CC(C)C(C)(C)C. The number of carbonyl (C=O) groups excluding carboxylic acids is 2. The first-order valence-corrected chi connectivity index (χ1v) is 7.14. The number of benzene rings is 1. The molecule has 0 radical (unpaired) electrons. The van der Waals surface area contributed by atoms with Gasteiger partial charge in [0, 0.05) is 6.42 Å². The number of aryl methyl sites for hydroxylation is 1. The smallest absolute Gasteiger partial charge is 0.339 e. The lowest BCUT2D eigenvalue weighted by atomic mass is 9.80. The van der Waals surface area contributed by atoms with E-state index in [0.717, 1.165) is 5.56 Å². The minimum atomic E-state index is -0.446. The molecule has 0 saturated carbocycles. The molecule has 0 spiro atoms. The van der Waals surface area contributed by atoms with Gasteiger partial charge in [0.2, 0.25) is 5.91 Å². The summed E-state index contributed by atoms with van der Waals surface area (Å²) < 4.78 is 4.76. The summed E-state index contributed by atoms with van der Waals surface area (Å²) in [6.45, 7) is 10.3. The molecule has 1 aromatic rings. The van der Waals surface area contributed by atoms with Gasteiger partial charge >= 0.3 is 5.97 Å². The monoisotopic (exact) mass is 291 g/mol. The van der Waals surface area contributed by atoms with Crippen molar-refractivity contribution in [2.24, 2.45) is 11.3 Å². The van der Waals surface area contributed by atoms with Crippen LogP contribution in [0.4, 0.5) is 5.69 Å². The summed E-state index contributed by atoms with van der Waals surface area (Å²) in [4.78, 5) is 23.9. The van der Waals surface area contributed by atoms with Gasteiger partial charge in [0.1, 0.15) is 0 Å². The Morgan fingerprint density at radius 3 is 2.43 bits per heavy atom. The Kier molecular flexibility index (Phi) is 5.53. The van der Waals surface area contributed by atoms with Crippen molar-refractivity contribution in [1.82, 2.24) is 0 Å².